The van der Waals surface area contributed by atoms with Crippen LogP contribution >= 0.6 is 15.9 Å². The molecular weight excluding hydrogens is 328 g/mol. The SMILES string of the molecule is CNCc1ccc(Br)cc1N(CCO)Cc1ccccc1. The molecule has 21 heavy (non-hydrogen) atoms. The number of hydrogen-bond acceptors (Lipinski definition) is 3. The van der Waals surface area contributed by atoms with Crippen LogP contribution in [0.15, 0.2) is 53.0 Å². The standard InChI is InChI=1S/C17H21BrN2O/c1-19-12-15-7-8-16(18)11-17(15)20(9-10-21)13-14-5-3-2-4-6-14/h2-8,11,19,21H,9-10,12-13H2,1H3. The fourth-order valence-electron chi connectivity index (χ4n) is 2.38. The summed E-state index contributed by atoms with van der Waals surface area (Å²) in [4.78, 5) is 2.22. The van der Waals surface area contributed by atoms with E-state index in [0.717, 1.165) is 23.2 Å². The van der Waals surface area contributed by atoms with Crippen molar-refractivity contribution in [3.8, 4) is 0 Å². The number of aliphatic hydroxyl groups is 1. The van der Waals surface area contributed by atoms with E-state index < -0.39 is 0 Å². The smallest absolute Gasteiger partial charge is 0.0606 e. The Morgan fingerprint density at radius 2 is 1.90 bits per heavy atom. The molecule has 0 spiro atoms. The number of nitrogens with one attached hydrogen (secondary N) is 1. The highest BCUT2D eigenvalue weighted by Gasteiger charge is 2.12. The molecule has 0 aliphatic carbocycles. The van der Waals surface area contributed by atoms with Crippen LogP contribution in [0.3, 0.4) is 0 Å². The lowest BCUT2D eigenvalue weighted by Crippen LogP contribution is -2.27. The molecule has 4 heteroatoms. The predicted molar refractivity (Wildman–Crippen MR) is 91.5 cm³/mol. The van der Waals surface area contributed by atoms with Gasteiger partial charge in [-0.05, 0) is 30.3 Å². The van der Waals surface area contributed by atoms with E-state index in [2.05, 4.69) is 56.5 Å². The molecule has 2 N–H and O–H groups in total. The number of aliphatic hydroxyl groups excluding tert-OH is 1. The number of anilines is 1. The lowest BCUT2D eigenvalue weighted by atomic mass is 10.1. The van der Waals surface area contributed by atoms with Crippen LogP contribution in [0, 0.1) is 0 Å². The van der Waals surface area contributed by atoms with Crippen molar-refractivity contribution in [1.29, 1.82) is 0 Å². The van der Waals surface area contributed by atoms with Gasteiger partial charge in [-0.2, -0.15) is 0 Å². The average molecular weight is 349 g/mol. The van der Waals surface area contributed by atoms with Crippen molar-refractivity contribution in [1.82, 2.24) is 5.32 Å². The Morgan fingerprint density at radius 3 is 2.57 bits per heavy atom. The van der Waals surface area contributed by atoms with Crippen LogP contribution in [0.25, 0.3) is 0 Å². The van der Waals surface area contributed by atoms with Crippen molar-refractivity contribution in [2.45, 2.75) is 13.1 Å². The van der Waals surface area contributed by atoms with Crippen molar-refractivity contribution < 1.29 is 5.11 Å². The molecule has 2 aromatic carbocycles. The highest BCUT2D eigenvalue weighted by atomic mass is 79.9. The molecule has 0 atom stereocenters. The first kappa shape index (κ1) is 16.0. The van der Waals surface area contributed by atoms with Crippen LogP contribution in [0.4, 0.5) is 5.69 Å². The second kappa shape index (κ2) is 8.17. The maximum Gasteiger partial charge on any atom is 0.0606 e. The molecule has 0 saturated heterocycles. The molecule has 0 saturated carbocycles. The van der Waals surface area contributed by atoms with Crippen molar-refractivity contribution in [3.63, 3.8) is 0 Å². The number of benzene rings is 2. The number of nitrogens with zero attached hydrogens (tertiary/aromatic N) is 1. The van der Waals surface area contributed by atoms with Crippen LogP contribution in [0.1, 0.15) is 11.1 Å². The molecule has 2 rings (SSSR count). The summed E-state index contributed by atoms with van der Waals surface area (Å²) in [6.07, 6.45) is 0. The van der Waals surface area contributed by atoms with E-state index >= 15 is 0 Å². The molecule has 3 nitrogen and oxygen atoms in total. The molecule has 0 aliphatic heterocycles. The molecule has 0 radical (unpaired) electrons. The van der Waals surface area contributed by atoms with Gasteiger partial charge in [0.05, 0.1) is 6.61 Å². The van der Waals surface area contributed by atoms with Gasteiger partial charge in [-0.15, -0.1) is 0 Å². The number of hydrogen-bond donors (Lipinski definition) is 2. The Kier molecular flexibility index (Phi) is 6.23. The highest BCUT2D eigenvalue weighted by molar-refractivity contribution is 9.10. The van der Waals surface area contributed by atoms with E-state index in [1.165, 1.54) is 11.1 Å². The number of halogens is 1. The van der Waals surface area contributed by atoms with Crippen LogP contribution in [0.5, 0.6) is 0 Å². The summed E-state index contributed by atoms with van der Waals surface area (Å²) in [7, 11) is 1.94. The van der Waals surface area contributed by atoms with Gasteiger partial charge < -0.3 is 15.3 Å². The van der Waals surface area contributed by atoms with Crippen molar-refractivity contribution >= 4 is 21.6 Å². The van der Waals surface area contributed by atoms with Gasteiger partial charge >= 0.3 is 0 Å². The molecule has 2 aromatic rings. The van der Waals surface area contributed by atoms with Crippen LogP contribution in [-0.2, 0) is 13.1 Å². The van der Waals surface area contributed by atoms with Gasteiger partial charge in [0, 0.05) is 29.8 Å². The lowest BCUT2D eigenvalue weighted by Gasteiger charge is -2.27. The summed E-state index contributed by atoms with van der Waals surface area (Å²) in [5, 5.41) is 12.6. The topological polar surface area (TPSA) is 35.5 Å². The fraction of sp³-hybridized carbons (Fsp3) is 0.294. The zero-order valence-corrected chi connectivity index (χ0v) is 13.8. The maximum atomic E-state index is 9.40. The third-order valence-corrected chi connectivity index (χ3v) is 3.83. The van der Waals surface area contributed by atoms with Gasteiger partial charge in [-0.25, -0.2) is 0 Å². The quantitative estimate of drug-likeness (QED) is 0.806. The summed E-state index contributed by atoms with van der Waals surface area (Å²) in [5.74, 6) is 0. The number of rotatable bonds is 7. The second-order valence-electron chi connectivity index (χ2n) is 4.93. The Morgan fingerprint density at radius 1 is 1.14 bits per heavy atom. The van der Waals surface area contributed by atoms with E-state index in [-0.39, 0.29) is 6.61 Å². The van der Waals surface area contributed by atoms with Crippen molar-refractivity contribution in [2.24, 2.45) is 0 Å². The Bertz CT molecular complexity index is 560. The van der Waals surface area contributed by atoms with Crippen molar-refractivity contribution in [3.05, 3.63) is 64.1 Å². The van der Waals surface area contributed by atoms with E-state index in [0.29, 0.717) is 6.54 Å². The van der Waals surface area contributed by atoms with Crippen LogP contribution in [-0.4, -0.2) is 25.3 Å². The molecule has 0 bridgehead atoms. The molecule has 0 fully saturated rings. The summed E-state index contributed by atoms with van der Waals surface area (Å²) in [6, 6.07) is 16.6. The molecule has 0 heterocycles. The first-order valence-corrected chi connectivity index (χ1v) is 7.86. The summed E-state index contributed by atoms with van der Waals surface area (Å²) >= 11 is 3.54. The third-order valence-electron chi connectivity index (χ3n) is 3.34. The largest absolute Gasteiger partial charge is 0.395 e. The molecule has 0 unspecified atom stereocenters. The predicted octanol–water partition coefficient (Wildman–Crippen LogP) is 3.17. The Labute approximate surface area is 134 Å². The zero-order chi connectivity index (χ0) is 15.1. The van der Waals surface area contributed by atoms with E-state index in [1.54, 1.807) is 0 Å². The lowest BCUT2D eigenvalue weighted by molar-refractivity contribution is 0.301. The minimum atomic E-state index is 0.137. The Hall–Kier alpha value is -1.36. The molecule has 112 valence electrons. The summed E-state index contributed by atoms with van der Waals surface area (Å²) < 4.78 is 1.05. The van der Waals surface area contributed by atoms with Gasteiger partial charge in [0.1, 0.15) is 0 Å². The van der Waals surface area contributed by atoms with Gasteiger partial charge in [0.2, 0.25) is 0 Å². The summed E-state index contributed by atoms with van der Waals surface area (Å²) in [6.45, 7) is 2.34. The minimum Gasteiger partial charge on any atom is -0.395 e. The van der Waals surface area contributed by atoms with Gasteiger partial charge in [-0.1, -0.05) is 52.3 Å². The minimum absolute atomic E-state index is 0.137. The Balaban J connectivity index is 2.30. The normalized spacial score (nSPS) is 10.6. The van der Waals surface area contributed by atoms with Gasteiger partial charge in [0.25, 0.3) is 0 Å². The van der Waals surface area contributed by atoms with Gasteiger partial charge in [0.15, 0.2) is 0 Å². The molecule has 0 aromatic heterocycles. The molecule has 0 amide bonds. The van der Waals surface area contributed by atoms with Crippen molar-refractivity contribution in [2.75, 3.05) is 25.1 Å². The first-order chi connectivity index (χ1) is 10.2. The monoisotopic (exact) mass is 348 g/mol. The first-order valence-electron chi connectivity index (χ1n) is 7.07. The zero-order valence-electron chi connectivity index (χ0n) is 12.2. The molecule has 0 aliphatic rings. The average Bonchev–Trinajstić information content (AvgIpc) is 2.50. The van der Waals surface area contributed by atoms with Gasteiger partial charge in [-0.3, -0.25) is 0 Å². The van der Waals surface area contributed by atoms with E-state index in [9.17, 15) is 5.11 Å². The fourth-order valence-corrected chi connectivity index (χ4v) is 2.73. The van der Waals surface area contributed by atoms with Crippen LogP contribution in [0.2, 0.25) is 0 Å². The maximum absolute atomic E-state index is 9.40. The molecular formula is C17H21BrN2O. The van der Waals surface area contributed by atoms with E-state index in [4.69, 9.17) is 0 Å². The van der Waals surface area contributed by atoms with Crippen LogP contribution < -0.4 is 10.2 Å². The summed E-state index contributed by atoms with van der Waals surface area (Å²) in [5.41, 5.74) is 3.61. The highest BCUT2D eigenvalue weighted by Crippen LogP contribution is 2.26. The second-order valence-corrected chi connectivity index (χ2v) is 5.85. The third kappa shape index (κ3) is 4.56. The van der Waals surface area contributed by atoms with E-state index in [1.807, 2.05) is 25.2 Å².